The van der Waals surface area contributed by atoms with Crippen LogP contribution in [0.4, 0.5) is 0 Å². The van der Waals surface area contributed by atoms with E-state index in [4.69, 9.17) is 0 Å². The van der Waals surface area contributed by atoms with E-state index in [1.807, 2.05) is 0 Å². The molecular weight excluding hydrogens is 264 g/mol. The van der Waals surface area contributed by atoms with Gasteiger partial charge >= 0.3 is 0 Å². The summed E-state index contributed by atoms with van der Waals surface area (Å²) >= 11 is 0. The summed E-state index contributed by atoms with van der Waals surface area (Å²) < 4.78 is 0. The summed E-state index contributed by atoms with van der Waals surface area (Å²) in [6.07, 6.45) is 8.87. The lowest BCUT2D eigenvalue weighted by Gasteiger charge is -2.17. The van der Waals surface area contributed by atoms with Crippen LogP contribution in [0.5, 0.6) is 0 Å². The summed E-state index contributed by atoms with van der Waals surface area (Å²) in [5.74, 6) is 0. The summed E-state index contributed by atoms with van der Waals surface area (Å²) in [5.41, 5.74) is 2.54. The Hall–Kier alpha value is -2.60. The van der Waals surface area contributed by atoms with Crippen molar-refractivity contribution in [1.82, 2.24) is 0 Å². The molecule has 0 heteroatoms. The first-order valence-corrected chi connectivity index (χ1v) is 7.70. The minimum Gasteiger partial charge on any atom is -0.0830 e. The minimum atomic E-state index is 0.896. The van der Waals surface area contributed by atoms with Crippen molar-refractivity contribution in [3.63, 3.8) is 0 Å². The topological polar surface area (TPSA) is 0 Å². The summed E-state index contributed by atoms with van der Waals surface area (Å²) in [4.78, 5) is 0. The van der Waals surface area contributed by atoms with Gasteiger partial charge in [-0.3, -0.25) is 0 Å². The number of allylic oxidation sites excluding steroid dienone is 1. The highest BCUT2D eigenvalue weighted by atomic mass is 14.2. The van der Waals surface area contributed by atoms with Crippen LogP contribution in [0.15, 0.2) is 66.7 Å². The van der Waals surface area contributed by atoms with E-state index < -0.39 is 0 Å². The zero-order valence-corrected chi connectivity index (χ0v) is 12.1. The number of hydrogen-bond donors (Lipinski definition) is 0. The second-order valence-corrected chi connectivity index (χ2v) is 5.83. The van der Waals surface area contributed by atoms with Gasteiger partial charge in [0.25, 0.3) is 0 Å². The Kier molecular flexibility index (Phi) is 2.42. The van der Waals surface area contributed by atoms with Gasteiger partial charge < -0.3 is 0 Å². The summed E-state index contributed by atoms with van der Waals surface area (Å²) in [6, 6.07) is 21.9. The van der Waals surface area contributed by atoms with E-state index in [1.54, 1.807) is 0 Å². The van der Waals surface area contributed by atoms with Crippen molar-refractivity contribution in [1.29, 1.82) is 0 Å². The first-order chi connectivity index (χ1) is 10.9. The van der Waals surface area contributed by atoms with Crippen LogP contribution in [-0.2, 0) is 0 Å². The van der Waals surface area contributed by atoms with E-state index in [0.717, 1.165) is 6.42 Å². The number of fused-ring (bicyclic) bond motifs is 8. The van der Waals surface area contributed by atoms with E-state index in [0.29, 0.717) is 0 Å². The third-order valence-corrected chi connectivity index (χ3v) is 4.64. The maximum Gasteiger partial charge on any atom is 0.0218 e. The van der Waals surface area contributed by atoms with Gasteiger partial charge in [0.15, 0.2) is 0 Å². The van der Waals surface area contributed by atoms with Gasteiger partial charge in [-0.05, 0) is 49.9 Å². The fourth-order valence-electron chi connectivity index (χ4n) is 3.69. The molecule has 1 aliphatic carbocycles. The highest BCUT2D eigenvalue weighted by molar-refractivity contribution is 6.26. The average molecular weight is 278 g/mol. The molecule has 0 unspecified atom stereocenters. The van der Waals surface area contributed by atoms with Gasteiger partial charge in [-0.15, -0.1) is 0 Å². The quantitative estimate of drug-likeness (QED) is 0.346. The molecule has 1 aliphatic rings. The van der Waals surface area contributed by atoms with Gasteiger partial charge in [-0.1, -0.05) is 72.8 Å². The molecule has 0 N–H and O–H groups in total. The molecule has 0 saturated carbocycles. The normalized spacial score (nSPS) is 13.8. The van der Waals surface area contributed by atoms with Crippen LogP contribution < -0.4 is 0 Å². The lowest BCUT2D eigenvalue weighted by molar-refractivity contribution is 1.24. The fraction of sp³-hybridized carbons (Fsp3) is 0.0455. The summed E-state index contributed by atoms with van der Waals surface area (Å²) in [5, 5.41) is 7.99. The Morgan fingerprint density at radius 2 is 1.23 bits per heavy atom. The third kappa shape index (κ3) is 1.52. The van der Waals surface area contributed by atoms with E-state index >= 15 is 0 Å². The lowest BCUT2D eigenvalue weighted by atomic mass is 9.86. The van der Waals surface area contributed by atoms with Crippen LogP contribution in [0, 0.1) is 6.42 Å². The molecule has 5 rings (SSSR count). The van der Waals surface area contributed by atoms with Crippen LogP contribution in [-0.4, -0.2) is 0 Å². The number of hydrogen-bond acceptors (Lipinski definition) is 0. The Morgan fingerprint density at radius 3 is 1.95 bits per heavy atom. The SMILES string of the molecule is [C]1CC=Cc2ccc3c4ccccc4c4ccccc4c3c21. The molecule has 22 heavy (non-hydrogen) atoms. The molecule has 0 spiro atoms. The molecule has 0 aromatic heterocycles. The number of rotatable bonds is 0. The van der Waals surface area contributed by atoms with E-state index in [2.05, 4.69) is 79.2 Å². The second-order valence-electron chi connectivity index (χ2n) is 5.83. The average Bonchev–Trinajstić information content (AvgIpc) is 2.61. The molecule has 0 atom stereocenters. The van der Waals surface area contributed by atoms with Gasteiger partial charge in [-0.2, -0.15) is 0 Å². The smallest absolute Gasteiger partial charge is 0.0218 e. The lowest BCUT2D eigenvalue weighted by Crippen LogP contribution is -1.95. The molecule has 0 heterocycles. The van der Waals surface area contributed by atoms with Crippen LogP contribution in [0.2, 0.25) is 0 Å². The predicted molar refractivity (Wildman–Crippen MR) is 95.0 cm³/mol. The molecule has 0 nitrogen and oxygen atoms in total. The van der Waals surface area contributed by atoms with Crippen LogP contribution >= 0.6 is 0 Å². The van der Waals surface area contributed by atoms with E-state index in [-0.39, 0.29) is 0 Å². The molecule has 0 fully saturated rings. The second kappa shape index (κ2) is 4.45. The predicted octanol–water partition coefficient (Wildman–Crippen LogP) is 5.99. The first-order valence-electron chi connectivity index (χ1n) is 7.70. The Balaban J connectivity index is 2.15. The highest BCUT2D eigenvalue weighted by Gasteiger charge is 2.14. The molecule has 0 aliphatic heterocycles. The Labute approximate surface area is 129 Å². The zero-order chi connectivity index (χ0) is 14.5. The van der Waals surface area contributed by atoms with E-state index in [9.17, 15) is 0 Å². The van der Waals surface area contributed by atoms with Crippen LogP contribution in [0.1, 0.15) is 17.5 Å². The molecule has 102 valence electrons. The molecular formula is C22H14. The zero-order valence-electron chi connectivity index (χ0n) is 12.1. The molecule has 4 aromatic rings. The van der Waals surface area contributed by atoms with Crippen molar-refractivity contribution in [2.45, 2.75) is 6.42 Å². The Bertz CT molecular complexity index is 1030. The van der Waals surface area contributed by atoms with Crippen LogP contribution in [0.3, 0.4) is 0 Å². The van der Waals surface area contributed by atoms with Crippen molar-refractivity contribution in [2.24, 2.45) is 0 Å². The maximum absolute atomic E-state index is 3.58. The molecule has 0 amide bonds. The summed E-state index contributed by atoms with van der Waals surface area (Å²) in [7, 11) is 0. The largest absolute Gasteiger partial charge is 0.0830 e. The van der Waals surface area contributed by atoms with Gasteiger partial charge in [0.2, 0.25) is 0 Å². The standard InChI is InChI=1S/C22H14/c1-2-8-16-15(7-1)13-14-21-19-11-4-3-9-17(19)18-10-5-6-12-20(18)22(16)21/h1,3-7,9-14H,2H2. The minimum absolute atomic E-state index is 0.896. The van der Waals surface area contributed by atoms with Crippen molar-refractivity contribution in [2.75, 3.05) is 0 Å². The van der Waals surface area contributed by atoms with Gasteiger partial charge in [0.05, 0.1) is 0 Å². The molecule has 0 saturated heterocycles. The monoisotopic (exact) mass is 278 g/mol. The van der Waals surface area contributed by atoms with Gasteiger partial charge in [0, 0.05) is 6.42 Å². The number of benzene rings is 4. The van der Waals surface area contributed by atoms with Crippen molar-refractivity contribution >= 4 is 38.4 Å². The summed E-state index contributed by atoms with van der Waals surface area (Å²) in [6.45, 7) is 0. The first kappa shape index (κ1) is 12.0. The highest BCUT2D eigenvalue weighted by Crippen LogP contribution is 2.39. The third-order valence-electron chi connectivity index (χ3n) is 4.64. The van der Waals surface area contributed by atoms with Crippen molar-refractivity contribution in [3.05, 3.63) is 84.3 Å². The van der Waals surface area contributed by atoms with Crippen molar-refractivity contribution in [3.8, 4) is 0 Å². The van der Waals surface area contributed by atoms with Crippen molar-refractivity contribution < 1.29 is 0 Å². The Morgan fingerprint density at radius 1 is 0.636 bits per heavy atom. The van der Waals surface area contributed by atoms with E-state index in [1.165, 1.54) is 43.4 Å². The van der Waals surface area contributed by atoms with Gasteiger partial charge in [0.1, 0.15) is 0 Å². The molecule has 0 bridgehead atoms. The van der Waals surface area contributed by atoms with Crippen LogP contribution in [0.25, 0.3) is 38.4 Å². The molecule has 2 radical (unpaired) electrons. The maximum atomic E-state index is 3.58. The fourth-order valence-corrected chi connectivity index (χ4v) is 3.69. The molecule has 4 aromatic carbocycles. The van der Waals surface area contributed by atoms with Gasteiger partial charge in [-0.25, -0.2) is 0 Å².